The fourth-order valence-electron chi connectivity index (χ4n) is 4.87. The Kier molecular flexibility index (Phi) is 5.25. The Morgan fingerprint density at radius 3 is 2.79 bits per heavy atom. The molecule has 186 valence electrons. The fraction of sp³-hybridized carbons (Fsp3) is 0.133. The van der Waals surface area contributed by atoms with E-state index in [0.717, 1.165) is 63.1 Å². The lowest BCUT2D eigenvalue weighted by Crippen LogP contribution is -2.13. The van der Waals surface area contributed by atoms with E-state index < -0.39 is 0 Å². The Morgan fingerprint density at radius 1 is 1.03 bits per heavy atom. The van der Waals surface area contributed by atoms with Crippen LogP contribution in [0.3, 0.4) is 0 Å². The van der Waals surface area contributed by atoms with Crippen molar-refractivity contribution in [3.63, 3.8) is 0 Å². The number of allylic oxidation sites excluding steroid dienone is 3. The number of aromatic nitrogens is 5. The number of carbonyl (C=O) groups excluding carboxylic acids is 1. The Balaban J connectivity index is 1.21. The zero-order chi connectivity index (χ0) is 25.6. The maximum absolute atomic E-state index is 13.8. The molecule has 2 aliphatic carbocycles. The molecule has 8 heteroatoms. The first kappa shape index (κ1) is 22.4. The first-order valence-corrected chi connectivity index (χ1v) is 12.6. The Labute approximate surface area is 217 Å². The van der Waals surface area contributed by atoms with Crippen LogP contribution in [0.2, 0.25) is 0 Å². The average Bonchev–Trinajstić information content (AvgIpc) is 3.64. The van der Waals surface area contributed by atoms with E-state index in [1.807, 2.05) is 36.4 Å². The van der Waals surface area contributed by atoms with E-state index in [9.17, 15) is 9.18 Å². The maximum Gasteiger partial charge on any atom is 0.227 e. The number of amides is 1. The molecule has 7 nitrogen and oxygen atoms in total. The number of anilines is 1. The number of hydrogen-bond donors (Lipinski definition) is 3. The van der Waals surface area contributed by atoms with Crippen molar-refractivity contribution in [1.82, 2.24) is 25.1 Å². The molecular formula is C30H23FN6O. The molecule has 0 radical (unpaired) electrons. The molecule has 0 saturated heterocycles. The third kappa shape index (κ3) is 4.20. The fourth-order valence-corrected chi connectivity index (χ4v) is 4.87. The third-order valence-corrected chi connectivity index (χ3v) is 7.04. The van der Waals surface area contributed by atoms with E-state index in [1.165, 1.54) is 6.07 Å². The van der Waals surface area contributed by atoms with Gasteiger partial charge in [0.2, 0.25) is 5.91 Å². The van der Waals surface area contributed by atoms with E-state index in [1.54, 1.807) is 30.7 Å². The van der Waals surface area contributed by atoms with Crippen LogP contribution in [0.4, 0.5) is 10.1 Å². The van der Waals surface area contributed by atoms with Gasteiger partial charge in [-0.1, -0.05) is 24.3 Å². The number of nitrogens with one attached hydrogen (secondary N) is 3. The molecular weight excluding hydrogens is 479 g/mol. The lowest BCUT2D eigenvalue weighted by molar-refractivity contribution is -0.117. The number of fused-ring (bicyclic) bond motifs is 2. The van der Waals surface area contributed by atoms with Crippen LogP contribution in [0.15, 0.2) is 73.2 Å². The van der Waals surface area contributed by atoms with Gasteiger partial charge in [-0.2, -0.15) is 5.10 Å². The standard InChI is InChI=1S/C30H23FN6O/c31-23-5-1-3-19(10-23)18-4-2-6-26-20(9-18)13-27(35-26)28-25-12-22(15-33-29(25)37-36-28)21-11-24(16-32-14-21)34-30(38)17-7-8-17/h1-6,10-17,35H,7-9H2,(H,34,38)(H,33,36,37). The van der Waals surface area contributed by atoms with Gasteiger partial charge >= 0.3 is 0 Å². The van der Waals surface area contributed by atoms with Crippen LogP contribution in [0.1, 0.15) is 29.7 Å². The monoisotopic (exact) mass is 502 g/mol. The molecule has 1 aromatic carbocycles. The summed E-state index contributed by atoms with van der Waals surface area (Å²) in [5, 5.41) is 11.4. The lowest BCUT2D eigenvalue weighted by Gasteiger charge is -2.07. The van der Waals surface area contributed by atoms with Gasteiger partial charge in [-0.15, -0.1) is 0 Å². The van der Waals surface area contributed by atoms with Gasteiger partial charge in [-0.25, -0.2) is 9.37 Å². The van der Waals surface area contributed by atoms with E-state index in [4.69, 9.17) is 0 Å². The van der Waals surface area contributed by atoms with Gasteiger partial charge in [0, 0.05) is 46.9 Å². The zero-order valence-electron chi connectivity index (χ0n) is 20.3. The molecule has 7 rings (SSSR count). The van der Waals surface area contributed by atoms with Crippen LogP contribution >= 0.6 is 0 Å². The van der Waals surface area contributed by atoms with E-state index in [2.05, 4.69) is 36.5 Å². The Hall–Kier alpha value is -4.85. The lowest BCUT2D eigenvalue weighted by atomic mass is 9.99. The number of carbonyl (C=O) groups is 1. The Bertz CT molecular complexity index is 1770. The molecule has 3 N–H and O–H groups in total. The highest BCUT2D eigenvalue weighted by Gasteiger charge is 2.29. The summed E-state index contributed by atoms with van der Waals surface area (Å²) in [6, 6.07) is 12.7. The van der Waals surface area contributed by atoms with Crippen LogP contribution in [0.5, 0.6) is 0 Å². The van der Waals surface area contributed by atoms with Gasteiger partial charge < -0.3 is 10.3 Å². The molecule has 38 heavy (non-hydrogen) atoms. The highest BCUT2D eigenvalue weighted by molar-refractivity contribution is 5.95. The number of hydrogen-bond acceptors (Lipinski definition) is 4. The van der Waals surface area contributed by atoms with Crippen molar-refractivity contribution in [2.75, 3.05) is 5.32 Å². The number of nitrogens with zero attached hydrogens (tertiary/aromatic N) is 3. The molecule has 1 fully saturated rings. The summed E-state index contributed by atoms with van der Waals surface area (Å²) in [4.78, 5) is 24.6. The number of benzene rings is 1. The summed E-state index contributed by atoms with van der Waals surface area (Å²) in [6.07, 6.45) is 13.8. The highest BCUT2D eigenvalue weighted by atomic mass is 19.1. The summed E-state index contributed by atoms with van der Waals surface area (Å²) in [6.45, 7) is 0. The number of halogens is 1. The first-order chi connectivity index (χ1) is 18.6. The van der Waals surface area contributed by atoms with Crippen molar-refractivity contribution in [2.45, 2.75) is 19.3 Å². The van der Waals surface area contributed by atoms with Gasteiger partial charge in [0.05, 0.1) is 23.3 Å². The van der Waals surface area contributed by atoms with Crippen LogP contribution in [0.25, 0.3) is 45.2 Å². The Morgan fingerprint density at radius 2 is 1.92 bits per heavy atom. The second-order valence-electron chi connectivity index (χ2n) is 9.78. The van der Waals surface area contributed by atoms with Crippen molar-refractivity contribution in [2.24, 2.45) is 5.92 Å². The first-order valence-electron chi connectivity index (χ1n) is 12.6. The summed E-state index contributed by atoms with van der Waals surface area (Å²) >= 11 is 0. The summed E-state index contributed by atoms with van der Waals surface area (Å²) in [5.74, 6) is -0.0770. The summed E-state index contributed by atoms with van der Waals surface area (Å²) in [5.41, 5.74) is 8.76. The van der Waals surface area contributed by atoms with E-state index in [0.29, 0.717) is 17.8 Å². The molecule has 0 unspecified atom stereocenters. The molecule has 0 spiro atoms. The van der Waals surface area contributed by atoms with Crippen LogP contribution in [0, 0.1) is 11.7 Å². The maximum atomic E-state index is 13.8. The molecule has 1 amide bonds. The predicted octanol–water partition coefficient (Wildman–Crippen LogP) is 6.16. The van der Waals surface area contributed by atoms with Crippen molar-refractivity contribution in [3.8, 4) is 22.5 Å². The van der Waals surface area contributed by atoms with Crippen molar-refractivity contribution in [3.05, 3.63) is 95.8 Å². The minimum Gasteiger partial charge on any atom is -0.354 e. The predicted molar refractivity (Wildman–Crippen MR) is 145 cm³/mol. The number of pyridine rings is 2. The van der Waals surface area contributed by atoms with E-state index in [-0.39, 0.29) is 17.6 Å². The second kappa shape index (κ2) is 8.92. The molecule has 4 heterocycles. The van der Waals surface area contributed by atoms with Gasteiger partial charge in [-0.05, 0) is 65.9 Å². The number of aromatic amines is 2. The largest absolute Gasteiger partial charge is 0.354 e. The molecule has 0 aliphatic heterocycles. The molecule has 2 aliphatic rings. The molecule has 0 bridgehead atoms. The van der Waals surface area contributed by atoms with Gasteiger partial charge in [-0.3, -0.25) is 14.9 Å². The van der Waals surface area contributed by atoms with Gasteiger partial charge in [0.15, 0.2) is 5.65 Å². The minimum atomic E-state index is -0.245. The molecule has 5 aromatic rings. The van der Waals surface area contributed by atoms with Crippen LogP contribution in [-0.2, 0) is 11.2 Å². The zero-order valence-corrected chi connectivity index (χ0v) is 20.3. The molecule has 4 aromatic heterocycles. The summed E-state index contributed by atoms with van der Waals surface area (Å²) < 4.78 is 13.8. The minimum absolute atomic E-state index is 0.0469. The van der Waals surface area contributed by atoms with Crippen molar-refractivity contribution < 1.29 is 9.18 Å². The number of H-pyrrole nitrogens is 2. The SMILES string of the molecule is O=C(Nc1cncc(-c2cnc3n[nH]c(-c4cc5c([nH]4)C=CC=C(c4cccc(F)c4)C5)c3c2)c1)C1CC1. The second-order valence-corrected chi connectivity index (χ2v) is 9.78. The number of rotatable bonds is 5. The third-order valence-electron chi connectivity index (χ3n) is 7.04. The topological polar surface area (TPSA) is 99.3 Å². The van der Waals surface area contributed by atoms with Crippen molar-refractivity contribution >= 4 is 34.3 Å². The van der Waals surface area contributed by atoms with Crippen LogP contribution in [-0.4, -0.2) is 31.1 Å². The normalized spacial score (nSPS) is 14.7. The smallest absolute Gasteiger partial charge is 0.227 e. The highest BCUT2D eigenvalue weighted by Crippen LogP contribution is 2.34. The van der Waals surface area contributed by atoms with Crippen molar-refractivity contribution in [1.29, 1.82) is 0 Å². The van der Waals surface area contributed by atoms with E-state index >= 15 is 0 Å². The molecule has 1 saturated carbocycles. The van der Waals surface area contributed by atoms with Gasteiger partial charge in [0.1, 0.15) is 5.82 Å². The summed E-state index contributed by atoms with van der Waals surface area (Å²) in [7, 11) is 0. The molecule has 0 atom stereocenters. The van der Waals surface area contributed by atoms with Crippen LogP contribution < -0.4 is 5.32 Å². The van der Waals surface area contributed by atoms with Gasteiger partial charge in [0.25, 0.3) is 0 Å². The quantitative estimate of drug-likeness (QED) is 0.268. The average molecular weight is 503 g/mol.